The van der Waals surface area contributed by atoms with Crippen molar-refractivity contribution in [3.05, 3.63) is 5.69 Å². The largest absolute Gasteiger partial charge is 0.394 e. The van der Waals surface area contributed by atoms with Gasteiger partial charge in [-0.2, -0.15) is 5.10 Å². The Morgan fingerprint density at radius 2 is 1.74 bits per heavy atom. The van der Waals surface area contributed by atoms with E-state index in [-0.39, 0.29) is 5.54 Å². The number of aromatic nitrogens is 2. The van der Waals surface area contributed by atoms with Crippen LogP contribution in [0.15, 0.2) is 0 Å². The van der Waals surface area contributed by atoms with Gasteiger partial charge in [0.2, 0.25) is 0 Å². The molecule has 0 radical (unpaired) electrons. The number of hydrogen-bond donors (Lipinski definition) is 1. The van der Waals surface area contributed by atoms with Gasteiger partial charge in [0.05, 0.1) is 11.4 Å². The standard InChI is InChI=1S/C14H27N5/c1-6-19-13(12(15)11(2)16-19)17-7-9-18(10-8-17)14(3,4)5/h6-10,15H2,1-5H3. The van der Waals surface area contributed by atoms with Crippen LogP contribution in [0.4, 0.5) is 11.5 Å². The molecule has 1 aromatic rings. The maximum absolute atomic E-state index is 6.19. The lowest BCUT2D eigenvalue weighted by Gasteiger charge is -2.43. The van der Waals surface area contributed by atoms with Crippen molar-refractivity contribution in [3.8, 4) is 0 Å². The molecule has 1 aliphatic rings. The fraction of sp³-hybridized carbons (Fsp3) is 0.786. The molecule has 1 aromatic heterocycles. The molecule has 1 aliphatic heterocycles. The van der Waals surface area contributed by atoms with Gasteiger partial charge in [-0.3, -0.25) is 4.90 Å². The molecule has 5 nitrogen and oxygen atoms in total. The molecule has 0 aromatic carbocycles. The Labute approximate surface area is 116 Å². The topological polar surface area (TPSA) is 50.3 Å². The second kappa shape index (κ2) is 5.04. The van der Waals surface area contributed by atoms with Crippen LogP contribution in [0, 0.1) is 6.92 Å². The van der Waals surface area contributed by atoms with E-state index in [1.807, 2.05) is 11.6 Å². The van der Waals surface area contributed by atoms with E-state index >= 15 is 0 Å². The van der Waals surface area contributed by atoms with E-state index in [2.05, 4.69) is 42.6 Å². The van der Waals surface area contributed by atoms with Gasteiger partial charge in [0, 0.05) is 38.3 Å². The van der Waals surface area contributed by atoms with Crippen molar-refractivity contribution in [1.82, 2.24) is 14.7 Å². The number of nitrogens with zero attached hydrogens (tertiary/aromatic N) is 4. The number of hydrogen-bond acceptors (Lipinski definition) is 4. The summed E-state index contributed by atoms with van der Waals surface area (Å²) in [4.78, 5) is 4.90. The Morgan fingerprint density at radius 1 is 1.16 bits per heavy atom. The van der Waals surface area contributed by atoms with Crippen LogP contribution in [0.25, 0.3) is 0 Å². The molecule has 19 heavy (non-hydrogen) atoms. The van der Waals surface area contributed by atoms with Gasteiger partial charge >= 0.3 is 0 Å². The van der Waals surface area contributed by atoms with Crippen molar-refractivity contribution in [3.63, 3.8) is 0 Å². The quantitative estimate of drug-likeness (QED) is 0.884. The lowest BCUT2D eigenvalue weighted by Crippen LogP contribution is -2.53. The third kappa shape index (κ3) is 2.71. The molecular weight excluding hydrogens is 238 g/mol. The third-order valence-electron chi connectivity index (χ3n) is 3.97. The summed E-state index contributed by atoms with van der Waals surface area (Å²) in [6.45, 7) is 16.0. The van der Waals surface area contributed by atoms with E-state index in [9.17, 15) is 0 Å². The van der Waals surface area contributed by atoms with E-state index in [1.165, 1.54) is 0 Å². The summed E-state index contributed by atoms with van der Waals surface area (Å²) in [6.07, 6.45) is 0. The van der Waals surface area contributed by atoms with Gasteiger partial charge in [-0.1, -0.05) is 0 Å². The van der Waals surface area contributed by atoms with Gasteiger partial charge in [0.15, 0.2) is 5.82 Å². The number of aryl methyl sites for hydroxylation is 2. The Morgan fingerprint density at radius 3 is 2.21 bits per heavy atom. The Bertz CT molecular complexity index is 435. The van der Waals surface area contributed by atoms with Crippen molar-refractivity contribution in [2.45, 2.75) is 46.7 Å². The van der Waals surface area contributed by atoms with E-state index in [1.54, 1.807) is 0 Å². The van der Waals surface area contributed by atoms with Gasteiger partial charge in [0.25, 0.3) is 0 Å². The van der Waals surface area contributed by atoms with Crippen LogP contribution in [0.3, 0.4) is 0 Å². The van der Waals surface area contributed by atoms with Crippen molar-refractivity contribution in [1.29, 1.82) is 0 Å². The van der Waals surface area contributed by atoms with Gasteiger partial charge in [-0.05, 0) is 34.6 Å². The first kappa shape index (κ1) is 14.2. The molecule has 0 atom stereocenters. The normalized spacial score (nSPS) is 18.1. The molecule has 2 heterocycles. The SMILES string of the molecule is CCn1nc(C)c(N)c1N1CCN(C(C)(C)C)CC1. The molecule has 0 unspecified atom stereocenters. The van der Waals surface area contributed by atoms with Crippen LogP contribution in [0.1, 0.15) is 33.4 Å². The fourth-order valence-corrected chi connectivity index (χ4v) is 2.73. The predicted octanol–water partition coefficient (Wildman–Crippen LogP) is 1.71. The number of piperazine rings is 1. The van der Waals surface area contributed by atoms with E-state index in [0.717, 1.165) is 49.9 Å². The Hall–Kier alpha value is -1.23. The van der Waals surface area contributed by atoms with Crippen LogP contribution in [0.5, 0.6) is 0 Å². The average Bonchev–Trinajstić information content (AvgIpc) is 2.64. The highest BCUT2D eigenvalue weighted by atomic mass is 15.4. The summed E-state index contributed by atoms with van der Waals surface area (Å²) >= 11 is 0. The molecule has 1 fully saturated rings. The molecule has 1 saturated heterocycles. The first-order valence-corrected chi connectivity index (χ1v) is 7.17. The zero-order valence-corrected chi connectivity index (χ0v) is 12.9. The summed E-state index contributed by atoms with van der Waals surface area (Å²) in [7, 11) is 0. The summed E-state index contributed by atoms with van der Waals surface area (Å²) in [5.41, 5.74) is 8.22. The monoisotopic (exact) mass is 265 g/mol. The molecule has 0 saturated carbocycles. The summed E-state index contributed by atoms with van der Waals surface area (Å²) in [5.74, 6) is 1.11. The van der Waals surface area contributed by atoms with Crippen LogP contribution >= 0.6 is 0 Å². The van der Waals surface area contributed by atoms with Gasteiger partial charge in [-0.15, -0.1) is 0 Å². The van der Waals surface area contributed by atoms with Gasteiger partial charge in [-0.25, -0.2) is 4.68 Å². The lowest BCUT2D eigenvalue weighted by molar-refractivity contribution is 0.128. The van der Waals surface area contributed by atoms with Crippen molar-refractivity contribution in [2.75, 3.05) is 36.8 Å². The average molecular weight is 265 g/mol. The molecular formula is C14H27N5. The maximum Gasteiger partial charge on any atom is 0.150 e. The van der Waals surface area contributed by atoms with Gasteiger partial charge < -0.3 is 10.6 Å². The highest BCUT2D eigenvalue weighted by Crippen LogP contribution is 2.28. The first-order valence-electron chi connectivity index (χ1n) is 7.17. The minimum Gasteiger partial charge on any atom is -0.394 e. The Balaban J connectivity index is 2.14. The maximum atomic E-state index is 6.19. The molecule has 0 amide bonds. The number of rotatable bonds is 2. The predicted molar refractivity (Wildman–Crippen MR) is 80.6 cm³/mol. The van der Waals surface area contributed by atoms with E-state index < -0.39 is 0 Å². The third-order valence-corrected chi connectivity index (χ3v) is 3.97. The van der Waals surface area contributed by atoms with Crippen LogP contribution < -0.4 is 10.6 Å². The smallest absolute Gasteiger partial charge is 0.150 e. The highest BCUT2D eigenvalue weighted by molar-refractivity contribution is 5.66. The van der Waals surface area contributed by atoms with E-state index in [4.69, 9.17) is 5.73 Å². The van der Waals surface area contributed by atoms with Crippen LogP contribution in [-0.2, 0) is 6.54 Å². The van der Waals surface area contributed by atoms with Crippen molar-refractivity contribution in [2.24, 2.45) is 0 Å². The highest BCUT2D eigenvalue weighted by Gasteiger charge is 2.28. The first-order chi connectivity index (χ1) is 8.84. The molecule has 2 rings (SSSR count). The van der Waals surface area contributed by atoms with E-state index in [0.29, 0.717) is 0 Å². The molecule has 0 spiro atoms. The summed E-state index contributed by atoms with van der Waals surface area (Å²) in [6, 6.07) is 0. The van der Waals surface area contributed by atoms with Crippen LogP contribution in [0.2, 0.25) is 0 Å². The van der Waals surface area contributed by atoms with Crippen molar-refractivity contribution >= 4 is 11.5 Å². The van der Waals surface area contributed by atoms with Crippen molar-refractivity contribution < 1.29 is 0 Å². The second-order valence-corrected chi connectivity index (χ2v) is 6.28. The van der Waals surface area contributed by atoms with Gasteiger partial charge in [0.1, 0.15) is 0 Å². The zero-order valence-electron chi connectivity index (χ0n) is 12.9. The Kier molecular flexibility index (Phi) is 3.76. The zero-order chi connectivity index (χ0) is 14.2. The minimum absolute atomic E-state index is 0.249. The number of anilines is 2. The molecule has 0 aliphatic carbocycles. The second-order valence-electron chi connectivity index (χ2n) is 6.28. The fourth-order valence-electron chi connectivity index (χ4n) is 2.73. The molecule has 2 N–H and O–H groups in total. The number of nitrogen functional groups attached to an aromatic ring is 1. The molecule has 5 heteroatoms. The number of nitrogens with two attached hydrogens (primary N) is 1. The molecule has 0 bridgehead atoms. The summed E-state index contributed by atoms with van der Waals surface area (Å²) in [5, 5.41) is 4.51. The van der Waals surface area contributed by atoms with Crippen LogP contribution in [-0.4, -0.2) is 46.4 Å². The minimum atomic E-state index is 0.249. The lowest BCUT2D eigenvalue weighted by atomic mass is 10.0. The molecule has 108 valence electrons. The summed E-state index contributed by atoms with van der Waals surface area (Å²) < 4.78 is 2.03.